The largest absolute Gasteiger partial charge is 0.379 e. The number of ether oxygens (including phenoxy) is 2. The molecule has 148 valence electrons. The summed E-state index contributed by atoms with van der Waals surface area (Å²) in [6.07, 6.45) is 0.447. The fourth-order valence-corrected chi connectivity index (χ4v) is 3.30. The summed E-state index contributed by atoms with van der Waals surface area (Å²) < 4.78 is 16.7. The van der Waals surface area contributed by atoms with E-state index in [0.717, 1.165) is 28.1 Å². The Bertz CT molecular complexity index is 914. The Morgan fingerprint density at radius 3 is 2.71 bits per heavy atom. The topological polar surface area (TPSA) is 104 Å². The van der Waals surface area contributed by atoms with Crippen molar-refractivity contribution in [3.63, 3.8) is 0 Å². The van der Waals surface area contributed by atoms with Gasteiger partial charge in [0.2, 0.25) is 5.91 Å². The van der Waals surface area contributed by atoms with E-state index in [4.69, 9.17) is 14.0 Å². The Hall–Kier alpha value is -2.78. The van der Waals surface area contributed by atoms with Crippen molar-refractivity contribution in [1.29, 1.82) is 0 Å². The van der Waals surface area contributed by atoms with E-state index in [-0.39, 0.29) is 24.6 Å². The predicted octanol–water partition coefficient (Wildman–Crippen LogP) is 1.53. The van der Waals surface area contributed by atoms with Crippen LogP contribution in [0.1, 0.15) is 23.4 Å². The first kappa shape index (κ1) is 18.6. The minimum Gasteiger partial charge on any atom is -0.379 e. The molecular formula is C19H23N5O4. The first-order valence-corrected chi connectivity index (χ1v) is 9.30. The number of fused-ring (bicyclic) bond motifs is 1. The lowest BCUT2D eigenvalue weighted by atomic mass is 10.1. The lowest BCUT2D eigenvalue weighted by Crippen LogP contribution is -2.50. The third kappa shape index (κ3) is 4.05. The van der Waals surface area contributed by atoms with Crippen LogP contribution in [-0.4, -0.2) is 51.4 Å². The van der Waals surface area contributed by atoms with E-state index < -0.39 is 0 Å². The molecule has 0 saturated carbocycles. The quantitative estimate of drug-likeness (QED) is 0.686. The van der Waals surface area contributed by atoms with Crippen LogP contribution in [0.3, 0.4) is 0 Å². The first-order chi connectivity index (χ1) is 13.6. The zero-order valence-corrected chi connectivity index (χ0v) is 15.9. The molecule has 0 unspecified atom stereocenters. The third-order valence-corrected chi connectivity index (χ3v) is 4.89. The second-order valence-corrected chi connectivity index (χ2v) is 6.91. The number of benzene rings is 1. The van der Waals surface area contributed by atoms with Gasteiger partial charge in [-0.05, 0) is 32.4 Å². The molecule has 9 heteroatoms. The van der Waals surface area contributed by atoms with Gasteiger partial charge in [-0.25, -0.2) is 0 Å². The van der Waals surface area contributed by atoms with Crippen LogP contribution in [0.4, 0.5) is 0 Å². The lowest BCUT2D eigenvalue weighted by molar-refractivity contribution is -0.127. The number of amides is 1. The molecule has 3 aromatic rings. The van der Waals surface area contributed by atoms with Gasteiger partial charge >= 0.3 is 0 Å². The second-order valence-electron chi connectivity index (χ2n) is 6.91. The molecule has 0 aliphatic carbocycles. The Labute approximate surface area is 162 Å². The third-order valence-electron chi connectivity index (χ3n) is 4.89. The highest BCUT2D eigenvalue weighted by Crippen LogP contribution is 2.18. The molecule has 2 aromatic heterocycles. The summed E-state index contributed by atoms with van der Waals surface area (Å²) in [6, 6.07) is 7.39. The van der Waals surface area contributed by atoms with E-state index in [0.29, 0.717) is 26.2 Å². The number of hydrogen-bond donors (Lipinski definition) is 1. The van der Waals surface area contributed by atoms with E-state index in [1.807, 2.05) is 38.1 Å². The Morgan fingerprint density at radius 1 is 1.29 bits per heavy atom. The summed E-state index contributed by atoms with van der Waals surface area (Å²) in [5, 5.41) is 15.6. The molecule has 0 spiro atoms. The second kappa shape index (κ2) is 8.07. The summed E-state index contributed by atoms with van der Waals surface area (Å²) >= 11 is 0. The van der Waals surface area contributed by atoms with Gasteiger partial charge in [-0.3, -0.25) is 4.79 Å². The first-order valence-electron chi connectivity index (χ1n) is 9.30. The smallest absolute Gasteiger partial charge is 0.243 e. The average molecular weight is 385 g/mol. The molecule has 9 nitrogen and oxygen atoms in total. The molecule has 1 aliphatic rings. The van der Waals surface area contributed by atoms with E-state index in [9.17, 15) is 4.79 Å². The van der Waals surface area contributed by atoms with Gasteiger partial charge in [-0.1, -0.05) is 17.3 Å². The van der Waals surface area contributed by atoms with Gasteiger partial charge < -0.3 is 19.3 Å². The van der Waals surface area contributed by atoms with E-state index in [1.165, 1.54) is 4.80 Å². The van der Waals surface area contributed by atoms with Gasteiger partial charge in [0, 0.05) is 12.2 Å². The molecule has 1 amide bonds. The molecule has 28 heavy (non-hydrogen) atoms. The standard InChI is InChI=1S/C19H23N5O4/c1-12-14(13(2)28-23-12)10-27-18-11-26-8-7-17(18)20-19(25)9-24-21-15-5-3-4-6-16(15)22-24/h3-6,17-18H,7-11H2,1-2H3,(H,20,25)/t17-,18-/m0/s1. The van der Waals surface area contributed by atoms with Crippen LogP contribution in [0.2, 0.25) is 0 Å². The highest BCUT2D eigenvalue weighted by atomic mass is 16.5. The summed E-state index contributed by atoms with van der Waals surface area (Å²) in [6.45, 7) is 5.18. The number of carbonyl (C=O) groups excluding carboxylic acids is 1. The van der Waals surface area contributed by atoms with Crippen LogP contribution < -0.4 is 5.32 Å². The van der Waals surface area contributed by atoms with Crippen LogP contribution >= 0.6 is 0 Å². The van der Waals surface area contributed by atoms with Crippen LogP contribution in [0, 0.1) is 13.8 Å². The Balaban J connectivity index is 1.36. The maximum absolute atomic E-state index is 12.5. The van der Waals surface area contributed by atoms with Crippen molar-refractivity contribution in [1.82, 2.24) is 25.5 Å². The monoisotopic (exact) mass is 385 g/mol. The van der Waals surface area contributed by atoms with Gasteiger partial charge in [-0.2, -0.15) is 15.0 Å². The Morgan fingerprint density at radius 2 is 2.04 bits per heavy atom. The van der Waals surface area contributed by atoms with Crippen LogP contribution in [0.15, 0.2) is 28.8 Å². The zero-order valence-electron chi connectivity index (χ0n) is 15.9. The van der Waals surface area contributed by atoms with Gasteiger partial charge in [-0.15, -0.1) is 0 Å². The van der Waals surface area contributed by atoms with Crippen molar-refractivity contribution in [2.24, 2.45) is 0 Å². The summed E-state index contributed by atoms with van der Waals surface area (Å²) in [5.41, 5.74) is 3.28. The average Bonchev–Trinajstić information content (AvgIpc) is 3.23. The minimum absolute atomic E-state index is 0.0582. The molecule has 3 heterocycles. The number of hydrogen-bond acceptors (Lipinski definition) is 7. The maximum atomic E-state index is 12.5. The lowest BCUT2D eigenvalue weighted by Gasteiger charge is -2.32. The SMILES string of the molecule is Cc1noc(C)c1CO[C@H]1COCC[C@@H]1NC(=O)Cn1nc2ccccc2n1. The molecule has 4 rings (SSSR count). The molecule has 2 atom stereocenters. The van der Waals surface area contributed by atoms with Crippen molar-refractivity contribution in [3.8, 4) is 0 Å². The van der Waals surface area contributed by atoms with Crippen molar-refractivity contribution in [3.05, 3.63) is 41.3 Å². The summed E-state index contributed by atoms with van der Waals surface area (Å²) in [7, 11) is 0. The molecule has 1 aromatic carbocycles. The van der Waals surface area contributed by atoms with Crippen LogP contribution in [0.25, 0.3) is 11.0 Å². The van der Waals surface area contributed by atoms with Crippen molar-refractivity contribution in [2.45, 2.75) is 45.6 Å². The molecule has 1 aliphatic heterocycles. The highest BCUT2D eigenvalue weighted by Gasteiger charge is 2.29. The number of aryl methyl sites for hydroxylation is 2. The number of nitrogens with one attached hydrogen (secondary N) is 1. The molecular weight excluding hydrogens is 362 g/mol. The number of aromatic nitrogens is 4. The Kier molecular flexibility index (Phi) is 5.36. The van der Waals surface area contributed by atoms with Crippen LogP contribution in [0.5, 0.6) is 0 Å². The van der Waals surface area contributed by atoms with E-state index in [1.54, 1.807) is 0 Å². The molecule has 1 saturated heterocycles. The molecule has 0 radical (unpaired) electrons. The van der Waals surface area contributed by atoms with Gasteiger partial charge in [0.25, 0.3) is 0 Å². The van der Waals surface area contributed by atoms with Gasteiger partial charge in [0.05, 0.1) is 24.9 Å². The number of rotatable bonds is 6. The van der Waals surface area contributed by atoms with E-state index >= 15 is 0 Å². The molecule has 1 fully saturated rings. The van der Waals surface area contributed by atoms with E-state index in [2.05, 4.69) is 20.7 Å². The van der Waals surface area contributed by atoms with Crippen molar-refractivity contribution >= 4 is 16.9 Å². The van der Waals surface area contributed by atoms with Crippen molar-refractivity contribution < 1.29 is 18.8 Å². The zero-order chi connectivity index (χ0) is 19.5. The summed E-state index contributed by atoms with van der Waals surface area (Å²) in [5.74, 6) is 0.588. The number of nitrogens with zero attached hydrogens (tertiary/aromatic N) is 4. The fraction of sp³-hybridized carbons (Fsp3) is 0.474. The van der Waals surface area contributed by atoms with Crippen LogP contribution in [-0.2, 0) is 27.4 Å². The van der Waals surface area contributed by atoms with Gasteiger partial charge in [0.1, 0.15) is 29.4 Å². The summed E-state index contributed by atoms with van der Waals surface area (Å²) in [4.78, 5) is 13.9. The minimum atomic E-state index is -0.240. The normalized spacial score (nSPS) is 19.8. The molecule has 1 N–H and O–H groups in total. The fourth-order valence-electron chi connectivity index (χ4n) is 3.30. The predicted molar refractivity (Wildman–Crippen MR) is 99.4 cm³/mol. The van der Waals surface area contributed by atoms with Crippen molar-refractivity contribution in [2.75, 3.05) is 13.2 Å². The molecule has 0 bridgehead atoms. The maximum Gasteiger partial charge on any atom is 0.243 e. The highest BCUT2D eigenvalue weighted by molar-refractivity contribution is 5.77. The van der Waals surface area contributed by atoms with Gasteiger partial charge in [0.15, 0.2) is 0 Å². The number of carbonyl (C=O) groups is 1.